The zero-order valence-electron chi connectivity index (χ0n) is 16.5. The quantitative estimate of drug-likeness (QED) is 0.755. The molecule has 3 aliphatic rings. The maximum Gasteiger partial charge on any atom is 0.343 e. The van der Waals surface area contributed by atoms with E-state index in [2.05, 4.69) is 41.4 Å². The zero-order valence-corrected chi connectivity index (χ0v) is 16.5. The fraction of sp³-hybridized carbons (Fsp3) is 0.591. The van der Waals surface area contributed by atoms with Crippen molar-refractivity contribution in [1.82, 2.24) is 0 Å². The fourth-order valence-corrected chi connectivity index (χ4v) is 6.25. The van der Waals surface area contributed by atoms with E-state index in [4.69, 9.17) is 15.2 Å². The Morgan fingerprint density at radius 2 is 1.68 bits per heavy atom. The Morgan fingerprint density at radius 1 is 1.07 bits per heavy atom. The summed E-state index contributed by atoms with van der Waals surface area (Å²) in [4.78, 5) is 3.07. The first-order valence-corrected chi connectivity index (χ1v) is 10.1. The molecule has 3 N–H and O–H groups in total. The van der Waals surface area contributed by atoms with Crippen LogP contribution in [0.5, 0.6) is 0 Å². The third kappa shape index (κ3) is 1.85. The van der Waals surface area contributed by atoms with Gasteiger partial charge in [-0.05, 0) is 51.0 Å². The van der Waals surface area contributed by atoms with Crippen molar-refractivity contribution in [2.75, 3.05) is 13.2 Å². The highest BCUT2D eigenvalue weighted by atomic mass is 16.7. The predicted molar refractivity (Wildman–Crippen MR) is 102 cm³/mol. The monoisotopic (exact) mass is 379 g/mol. The summed E-state index contributed by atoms with van der Waals surface area (Å²) in [6.45, 7) is 4.43. The van der Waals surface area contributed by atoms with E-state index in [1.165, 1.54) is 5.56 Å². The number of fused-ring (bicyclic) bond motifs is 3. The number of hydrogen-bond donors (Lipinski definition) is 2. The van der Waals surface area contributed by atoms with E-state index < -0.39 is 22.2 Å². The van der Waals surface area contributed by atoms with E-state index in [0.29, 0.717) is 25.0 Å². The van der Waals surface area contributed by atoms with Crippen molar-refractivity contribution >= 4 is 5.84 Å². The summed E-state index contributed by atoms with van der Waals surface area (Å²) in [7, 11) is 0. The molecule has 0 bridgehead atoms. The van der Waals surface area contributed by atoms with Gasteiger partial charge >= 0.3 is 5.91 Å². The van der Waals surface area contributed by atoms with Gasteiger partial charge in [-0.1, -0.05) is 30.3 Å². The smallest absolute Gasteiger partial charge is 0.314 e. The van der Waals surface area contributed by atoms with Gasteiger partial charge in [0.25, 0.3) is 5.84 Å². The lowest BCUT2D eigenvalue weighted by Crippen LogP contribution is -2.91. The summed E-state index contributed by atoms with van der Waals surface area (Å²) < 4.78 is 12.0. The molecule has 28 heavy (non-hydrogen) atoms. The predicted octanol–water partition coefficient (Wildman–Crippen LogP) is 1.54. The number of rotatable bonds is 5. The van der Waals surface area contributed by atoms with Gasteiger partial charge in [0, 0.05) is 5.41 Å². The van der Waals surface area contributed by atoms with E-state index in [1.54, 1.807) is 0 Å². The molecule has 1 aromatic carbocycles. The molecule has 146 valence electrons. The van der Waals surface area contributed by atoms with Gasteiger partial charge in [0.05, 0.1) is 25.4 Å². The lowest BCUT2D eigenvalue weighted by Gasteiger charge is -2.36. The molecule has 0 amide bonds. The van der Waals surface area contributed by atoms with Crippen molar-refractivity contribution in [1.29, 1.82) is 10.5 Å². The largest absolute Gasteiger partial charge is 0.343 e. The van der Waals surface area contributed by atoms with E-state index in [1.807, 2.05) is 19.9 Å². The van der Waals surface area contributed by atoms with Crippen LogP contribution in [0.4, 0.5) is 0 Å². The van der Waals surface area contributed by atoms with Crippen molar-refractivity contribution < 1.29 is 14.5 Å². The van der Waals surface area contributed by atoms with Gasteiger partial charge in [-0.2, -0.15) is 10.5 Å². The second-order valence-electron chi connectivity index (χ2n) is 8.01. The van der Waals surface area contributed by atoms with Crippen LogP contribution < -0.4 is 10.7 Å². The van der Waals surface area contributed by atoms with Crippen LogP contribution in [0.2, 0.25) is 0 Å². The topological polar surface area (TPSA) is 106 Å². The van der Waals surface area contributed by atoms with Gasteiger partial charge in [0.2, 0.25) is 0 Å². The highest BCUT2D eigenvalue weighted by Gasteiger charge is 3.03. The van der Waals surface area contributed by atoms with Crippen LogP contribution in [0.3, 0.4) is 0 Å². The average molecular weight is 379 g/mol. The van der Waals surface area contributed by atoms with Crippen LogP contribution in [-0.4, -0.2) is 25.0 Å². The maximum absolute atomic E-state index is 10.4. The number of nitrogens with zero attached hydrogens (tertiary/aromatic N) is 2. The normalized spacial score (nSPS) is 37.6. The van der Waals surface area contributed by atoms with Gasteiger partial charge in [-0.15, -0.1) is 0 Å². The van der Waals surface area contributed by atoms with Gasteiger partial charge in [0.15, 0.2) is 10.8 Å². The summed E-state index contributed by atoms with van der Waals surface area (Å²) in [5.74, 6) is -0.621. The summed E-state index contributed by atoms with van der Waals surface area (Å²) in [6, 6.07) is 15.4. The Kier molecular flexibility index (Phi) is 4.26. The molecule has 1 aromatic rings. The molecule has 0 saturated heterocycles. The van der Waals surface area contributed by atoms with Crippen LogP contribution in [0.1, 0.15) is 51.0 Å². The molecule has 6 nitrogen and oxygen atoms in total. The number of amidine groups is 1. The van der Waals surface area contributed by atoms with Gasteiger partial charge in [0.1, 0.15) is 0 Å². The van der Waals surface area contributed by atoms with Crippen molar-refractivity contribution in [3.05, 3.63) is 35.9 Å². The standard InChI is InChI=1S/C22H26N4O2/c1-3-27-22(28-4-2)21(15-24)19(20(21,14-23)18(25)26-22)12-10-17(11-13-19)16-8-6-5-7-9-16/h5-9,17H,3-4,10-13H2,1-2H3,(H2,25,26)/p+1/t17?,19?,20-,21+/m1/s1. The first kappa shape index (κ1) is 18.9. The fourth-order valence-electron chi connectivity index (χ4n) is 6.25. The van der Waals surface area contributed by atoms with Crippen LogP contribution in [0.25, 0.3) is 0 Å². The molecule has 1 heterocycles. The number of nitrogens with two attached hydrogens (primary N) is 1. The first-order chi connectivity index (χ1) is 13.5. The second-order valence-corrected chi connectivity index (χ2v) is 8.01. The molecule has 0 radical (unpaired) electrons. The molecule has 2 saturated carbocycles. The Hall–Kier alpha value is -2.41. The Labute approximate surface area is 166 Å². The third-order valence-electron chi connectivity index (χ3n) is 7.27. The maximum atomic E-state index is 10.4. The summed E-state index contributed by atoms with van der Waals surface area (Å²) in [5.41, 5.74) is 4.93. The number of nitrogens with one attached hydrogen (secondary N) is 1. The van der Waals surface area contributed by atoms with Crippen LogP contribution in [0.15, 0.2) is 30.3 Å². The molecule has 0 aromatic heterocycles. The van der Waals surface area contributed by atoms with Crippen LogP contribution >= 0.6 is 0 Å². The molecule has 6 heteroatoms. The van der Waals surface area contributed by atoms with Gasteiger partial charge < -0.3 is 9.47 Å². The molecule has 2 aliphatic carbocycles. The lowest BCUT2D eigenvalue weighted by molar-refractivity contribution is -0.695. The van der Waals surface area contributed by atoms with Gasteiger partial charge in [-0.3, -0.25) is 5.73 Å². The minimum Gasteiger partial charge on any atom is -0.314 e. The van der Waals surface area contributed by atoms with Crippen molar-refractivity contribution in [2.24, 2.45) is 22.0 Å². The molecular formula is C22H27N4O2+. The minimum absolute atomic E-state index is 0.316. The molecule has 4 rings (SSSR count). The first-order valence-electron chi connectivity index (χ1n) is 10.1. The molecule has 0 unspecified atom stereocenters. The third-order valence-corrected chi connectivity index (χ3v) is 7.27. The number of hydrogen-bond acceptors (Lipinski definition) is 5. The summed E-state index contributed by atoms with van der Waals surface area (Å²) in [6.07, 6.45) is 3.33. The number of ether oxygens (including phenoxy) is 2. The summed E-state index contributed by atoms with van der Waals surface area (Å²) in [5, 5.41) is 20.7. The molecule has 1 spiro atoms. The molecule has 1 aliphatic heterocycles. The SMILES string of the molecule is CCOC1(OCC)[NH+]=C(N)[C@]2(C#N)C3(CCC(c4ccccc4)CC3)[C@]12C#N. The van der Waals surface area contributed by atoms with Crippen molar-refractivity contribution in [3.8, 4) is 12.1 Å². The van der Waals surface area contributed by atoms with E-state index in [9.17, 15) is 10.5 Å². The van der Waals surface area contributed by atoms with Crippen LogP contribution in [0, 0.1) is 38.9 Å². The van der Waals surface area contributed by atoms with Crippen LogP contribution in [-0.2, 0) is 9.47 Å². The average Bonchev–Trinajstić information content (AvgIpc) is 3.15. The lowest BCUT2D eigenvalue weighted by atomic mass is 9.71. The molecular weight excluding hydrogens is 352 g/mol. The van der Waals surface area contributed by atoms with E-state index in [-0.39, 0.29) is 0 Å². The van der Waals surface area contributed by atoms with Crippen molar-refractivity contribution in [3.63, 3.8) is 0 Å². The Bertz CT molecular complexity index is 870. The Balaban J connectivity index is 1.74. The highest BCUT2D eigenvalue weighted by molar-refractivity contribution is 5.95. The zero-order chi connectivity index (χ0) is 20.0. The number of nitriles is 2. The molecule has 2 fully saturated rings. The van der Waals surface area contributed by atoms with Gasteiger partial charge in [-0.25, -0.2) is 4.99 Å². The minimum atomic E-state index is -1.37. The molecule has 2 atom stereocenters. The highest BCUT2D eigenvalue weighted by Crippen LogP contribution is 2.86. The Morgan fingerprint density at radius 3 is 2.18 bits per heavy atom. The van der Waals surface area contributed by atoms with Crippen molar-refractivity contribution in [2.45, 2.75) is 51.4 Å². The summed E-state index contributed by atoms with van der Waals surface area (Å²) >= 11 is 0. The number of benzene rings is 1. The van der Waals surface area contributed by atoms with E-state index >= 15 is 0 Å². The van der Waals surface area contributed by atoms with E-state index in [0.717, 1.165) is 25.7 Å². The second kappa shape index (κ2) is 6.30.